The molecule has 0 radical (unpaired) electrons. The van der Waals surface area contributed by atoms with Crippen LogP contribution >= 0.6 is 0 Å². The summed E-state index contributed by atoms with van der Waals surface area (Å²) in [5.74, 6) is -1.42. The fourth-order valence-electron chi connectivity index (χ4n) is 2.02. The number of ether oxygens (including phenoxy) is 4. The van der Waals surface area contributed by atoms with E-state index in [4.69, 9.17) is 18.9 Å². The van der Waals surface area contributed by atoms with Crippen LogP contribution in [0.4, 0.5) is 0 Å². The monoisotopic (exact) mass is 289 g/mol. The summed E-state index contributed by atoms with van der Waals surface area (Å²) in [7, 11) is 1.39. The van der Waals surface area contributed by atoms with Gasteiger partial charge in [0, 0.05) is 27.9 Å². The molecule has 0 aromatic carbocycles. The number of hydrogen-bond acceptors (Lipinski definition) is 7. The molecule has 0 saturated carbocycles. The fraction of sp³-hybridized carbons (Fsp3) is 0.750. The third kappa shape index (κ3) is 4.46. The molecule has 1 aliphatic rings. The van der Waals surface area contributed by atoms with Gasteiger partial charge in [-0.1, -0.05) is 0 Å². The molecule has 0 bridgehead atoms. The maximum Gasteiger partial charge on any atom is 0.303 e. The Morgan fingerprint density at radius 3 is 2.15 bits per heavy atom. The summed E-state index contributed by atoms with van der Waals surface area (Å²) in [6, 6.07) is -0.737. The van der Waals surface area contributed by atoms with Crippen LogP contribution in [0.3, 0.4) is 0 Å². The summed E-state index contributed by atoms with van der Waals surface area (Å²) in [6.45, 7) is 3.81. The Bertz CT molecular complexity index is 384. The second-order valence-corrected chi connectivity index (χ2v) is 4.39. The van der Waals surface area contributed by atoms with Crippen LogP contribution in [0.15, 0.2) is 0 Å². The average molecular weight is 289 g/mol. The quantitative estimate of drug-likeness (QED) is 0.687. The van der Waals surface area contributed by atoms with Gasteiger partial charge in [-0.3, -0.25) is 14.4 Å². The van der Waals surface area contributed by atoms with Gasteiger partial charge in [-0.15, -0.1) is 0 Å². The molecule has 0 aromatic heterocycles. The Hall–Kier alpha value is -1.67. The summed E-state index contributed by atoms with van der Waals surface area (Å²) < 4.78 is 20.6. The zero-order valence-corrected chi connectivity index (χ0v) is 11.9. The van der Waals surface area contributed by atoms with Gasteiger partial charge in [0.25, 0.3) is 0 Å². The molecule has 1 saturated heterocycles. The zero-order chi connectivity index (χ0) is 15.3. The molecule has 1 amide bonds. The number of nitrogens with one attached hydrogen (secondary N) is 1. The van der Waals surface area contributed by atoms with Gasteiger partial charge in [0.15, 0.2) is 12.4 Å². The molecule has 1 N–H and O–H groups in total. The van der Waals surface area contributed by atoms with E-state index >= 15 is 0 Å². The average Bonchev–Trinajstić information content (AvgIpc) is 2.31. The van der Waals surface area contributed by atoms with Crippen LogP contribution < -0.4 is 5.32 Å². The van der Waals surface area contributed by atoms with Crippen LogP contribution in [0, 0.1) is 0 Å². The van der Waals surface area contributed by atoms with Crippen LogP contribution in [-0.4, -0.2) is 56.1 Å². The standard InChI is InChI=1S/C12H19NO7/c1-6(14)13-10-9(19-7(2)15)5-18-12(17-4)11(10)20-8(3)16/h9-12H,5H2,1-4H3,(H,13,14). The van der Waals surface area contributed by atoms with Crippen LogP contribution in [0.5, 0.6) is 0 Å². The van der Waals surface area contributed by atoms with Crippen molar-refractivity contribution in [1.82, 2.24) is 5.32 Å². The molecule has 1 heterocycles. The van der Waals surface area contributed by atoms with Crippen molar-refractivity contribution in [2.24, 2.45) is 0 Å². The highest BCUT2D eigenvalue weighted by atomic mass is 16.7. The normalized spacial score (nSPS) is 29.4. The van der Waals surface area contributed by atoms with Gasteiger partial charge in [0.1, 0.15) is 12.1 Å². The van der Waals surface area contributed by atoms with E-state index in [2.05, 4.69) is 5.32 Å². The lowest BCUT2D eigenvalue weighted by Crippen LogP contribution is -2.62. The molecule has 1 rings (SSSR count). The largest absolute Gasteiger partial charge is 0.458 e. The number of amides is 1. The van der Waals surface area contributed by atoms with Crippen molar-refractivity contribution in [3.8, 4) is 0 Å². The van der Waals surface area contributed by atoms with Crippen molar-refractivity contribution in [3.63, 3.8) is 0 Å². The van der Waals surface area contributed by atoms with Crippen LogP contribution in [0.25, 0.3) is 0 Å². The van der Waals surface area contributed by atoms with Gasteiger partial charge in [-0.25, -0.2) is 0 Å². The Morgan fingerprint density at radius 1 is 1.10 bits per heavy atom. The molecule has 8 nitrogen and oxygen atoms in total. The zero-order valence-electron chi connectivity index (χ0n) is 11.9. The summed E-state index contributed by atoms with van der Waals surface area (Å²) >= 11 is 0. The maximum absolute atomic E-state index is 11.3. The first-order valence-corrected chi connectivity index (χ1v) is 6.11. The van der Waals surface area contributed by atoms with Gasteiger partial charge in [-0.2, -0.15) is 0 Å². The van der Waals surface area contributed by atoms with E-state index in [-0.39, 0.29) is 12.5 Å². The van der Waals surface area contributed by atoms with Crippen LogP contribution in [0.1, 0.15) is 20.8 Å². The molecule has 1 aliphatic heterocycles. The van der Waals surface area contributed by atoms with Gasteiger partial charge < -0.3 is 24.3 Å². The van der Waals surface area contributed by atoms with E-state index in [0.717, 1.165) is 0 Å². The fourth-order valence-corrected chi connectivity index (χ4v) is 2.02. The summed E-state index contributed by atoms with van der Waals surface area (Å²) in [6.07, 6.45) is -2.51. The van der Waals surface area contributed by atoms with E-state index in [9.17, 15) is 14.4 Å². The van der Waals surface area contributed by atoms with Gasteiger partial charge >= 0.3 is 11.9 Å². The summed E-state index contributed by atoms with van der Waals surface area (Å²) in [5.41, 5.74) is 0. The van der Waals surface area contributed by atoms with Crippen molar-refractivity contribution in [2.45, 2.75) is 45.3 Å². The molecular formula is C12H19NO7. The van der Waals surface area contributed by atoms with E-state index < -0.39 is 36.5 Å². The van der Waals surface area contributed by atoms with Crippen molar-refractivity contribution < 1.29 is 33.3 Å². The van der Waals surface area contributed by atoms with Gasteiger partial charge in [0.05, 0.1) is 6.61 Å². The minimum Gasteiger partial charge on any atom is -0.458 e. The first kappa shape index (κ1) is 16.4. The lowest BCUT2D eigenvalue weighted by Gasteiger charge is -2.40. The van der Waals surface area contributed by atoms with Crippen LogP contribution in [-0.2, 0) is 33.3 Å². The molecule has 1 fully saturated rings. The molecule has 0 spiro atoms. The van der Waals surface area contributed by atoms with Crippen LogP contribution in [0.2, 0.25) is 0 Å². The molecule has 4 atom stereocenters. The third-order valence-electron chi connectivity index (χ3n) is 2.67. The Morgan fingerprint density at radius 2 is 1.70 bits per heavy atom. The van der Waals surface area contributed by atoms with E-state index in [1.54, 1.807) is 0 Å². The first-order valence-electron chi connectivity index (χ1n) is 6.11. The van der Waals surface area contributed by atoms with Crippen molar-refractivity contribution in [3.05, 3.63) is 0 Å². The Kier molecular flexibility index (Phi) is 5.90. The number of hydrogen-bond donors (Lipinski definition) is 1. The molecular weight excluding hydrogens is 270 g/mol. The number of carbonyl (C=O) groups excluding carboxylic acids is 3. The molecule has 8 heteroatoms. The summed E-state index contributed by atoms with van der Waals surface area (Å²) in [5, 5.41) is 2.60. The molecule has 20 heavy (non-hydrogen) atoms. The molecule has 0 aromatic rings. The molecule has 0 aliphatic carbocycles. The van der Waals surface area contributed by atoms with Crippen molar-refractivity contribution >= 4 is 17.8 Å². The highest BCUT2D eigenvalue weighted by Gasteiger charge is 2.45. The first-order chi connectivity index (χ1) is 9.35. The Balaban J connectivity index is 2.95. The lowest BCUT2D eigenvalue weighted by molar-refractivity contribution is -0.247. The number of esters is 2. The minimum absolute atomic E-state index is 0.0286. The molecule has 114 valence electrons. The van der Waals surface area contributed by atoms with E-state index in [0.29, 0.717) is 0 Å². The minimum atomic E-state index is -0.903. The highest BCUT2D eigenvalue weighted by molar-refractivity contribution is 5.74. The lowest BCUT2D eigenvalue weighted by atomic mass is 10.0. The number of carbonyl (C=O) groups is 3. The topological polar surface area (TPSA) is 100 Å². The SMILES string of the molecule is COC1OCC(OC(C)=O)C(NC(C)=O)C1OC(C)=O. The maximum atomic E-state index is 11.3. The summed E-state index contributed by atoms with van der Waals surface area (Å²) in [4.78, 5) is 33.6. The predicted molar refractivity (Wildman–Crippen MR) is 65.5 cm³/mol. The second-order valence-electron chi connectivity index (χ2n) is 4.39. The number of methoxy groups -OCH3 is 1. The van der Waals surface area contributed by atoms with Gasteiger partial charge in [-0.05, 0) is 0 Å². The Labute approximate surface area is 116 Å². The molecule has 4 unspecified atom stereocenters. The number of rotatable bonds is 4. The third-order valence-corrected chi connectivity index (χ3v) is 2.67. The predicted octanol–water partition coefficient (Wildman–Crippen LogP) is -0.643. The second kappa shape index (κ2) is 7.20. The van der Waals surface area contributed by atoms with E-state index in [1.807, 2.05) is 0 Å². The van der Waals surface area contributed by atoms with Crippen molar-refractivity contribution in [1.29, 1.82) is 0 Å². The van der Waals surface area contributed by atoms with E-state index in [1.165, 1.54) is 27.9 Å². The van der Waals surface area contributed by atoms with Gasteiger partial charge in [0.2, 0.25) is 5.91 Å². The highest BCUT2D eigenvalue weighted by Crippen LogP contribution is 2.22. The van der Waals surface area contributed by atoms with Crippen molar-refractivity contribution in [2.75, 3.05) is 13.7 Å². The smallest absolute Gasteiger partial charge is 0.303 e.